The molecule has 0 N–H and O–H groups in total. The van der Waals surface area contributed by atoms with Gasteiger partial charge in [0.05, 0.1) is 44.2 Å². The molecule has 0 unspecified atom stereocenters. The summed E-state index contributed by atoms with van der Waals surface area (Å²) in [6, 6.07) is 65.6. The van der Waals surface area contributed by atoms with Crippen LogP contribution in [0.3, 0.4) is 0 Å². The van der Waals surface area contributed by atoms with Gasteiger partial charge >= 0.3 is 0 Å². The molecule has 0 fully saturated rings. The van der Waals surface area contributed by atoms with Gasteiger partial charge in [0.15, 0.2) is 5.75 Å². The Morgan fingerprint density at radius 1 is 0.436 bits per heavy atom. The minimum atomic E-state index is -0.534. The largest absolute Gasteiger partial charge is 0.454 e. The van der Waals surface area contributed by atoms with E-state index in [1.54, 1.807) is 0 Å². The number of fused-ring (bicyclic) bond motifs is 17. The highest BCUT2D eigenvalue weighted by Gasteiger charge is 2.51. The van der Waals surface area contributed by atoms with E-state index in [-0.39, 0.29) is 0 Å². The van der Waals surface area contributed by atoms with Crippen LogP contribution in [0.1, 0.15) is 22.3 Å². The summed E-state index contributed by atoms with van der Waals surface area (Å²) in [5.74, 6) is 2.66. The molecule has 0 saturated heterocycles. The molecule has 256 valence electrons. The lowest BCUT2D eigenvalue weighted by Gasteiger charge is -2.40. The van der Waals surface area contributed by atoms with Crippen molar-refractivity contribution in [1.29, 1.82) is 0 Å². The normalized spacial score (nSPS) is 13.7. The maximum absolute atomic E-state index is 7.12. The molecular formula is C50H30N4O. The Bertz CT molecular complexity index is 3390. The molecule has 0 amide bonds. The first-order valence-electron chi connectivity index (χ1n) is 18.8. The minimum absolute atomic E-state index is 0.534. The van der Waals surface area contributed by atoms with Gasteiger partial charge < -0.3 is 9.30 Å². The van der Waals surface area contributed by atoms with Crippen LogP contribution >= 0.6 is 0 Å². The van der Waals surface area contributed by atoms with Gasteiger partial charge in [0.1, 0.15) is 5.75 Å². The monoisotopic (exact) mass is 702 g/mol. The highest BCUT2D eigenvalue weighted by molar-refractivity contribution is 6.10. The molecule has 1 aliphatic carbocycles. The van der Waals surface area contributed by atoms with Crippen LogP contribution < -0.4 is 4.74 Å². The van der Waals surface area contributed by atoms with E-state index in [9.17, 15) is 0 Å². The van der Waals surface area contributed by atoms with Crippen molar-refractivity contribution in [3.8, 4) is 34.0 Å². The molecule has 0 atom stereocenters. The lowest BCUT2D eigenvalue weighted by Crippen LogP contribution is -2.32. The average molecular weight is 703 g/mol. The lowest BCUT2D eigenvalue weighted by atomic mass is 9.66. The molecule has 55 heavy (non-hydrogen) atoms. The van der Waals surface area contributed by atoms with Crippen LogP contribution in [0, 0.1) is 0 Å². The zero-order valence-corrected chi connectivity index (χ0v) is 29.5. The van der Waals surface area contributed by atoms with E-state index in [1.165, 1.54) is 38.6 Å². The molecule has 0 bridgehead atoms. The topological polar surface area (TPSA) is 36.4 Å². The van der Waals surface area contributed by atoms with E-state index in [4.69, 9.17) is 9.72 Å². The van der Waals surface area contributed by atoms with Crippen molar-refractivity contribution in [2.75, 3.05) is 0 Å². The summed E-state index contributed by atoms with van der Waals surface area (Å²) in [5.41, 5.74) is 15.5. The van der Waals surface area contributed by atoms with Crippen LogP contribution in [-0.4, -0.2) is 18.5 Å². The Balaban J connectivity index is 1.10. The summed E-state index contributed by atoms with van der Waals surface area (Å²) in [5, 5.41) is 2.35. The molecule has 1 aliphatic heterocycles. The van der Waals surface area contributed by atoms with E-state index in [0.29, 0.717) is 0 Å². The second-order valence-electron chi connectivity index (χ2n) is 14.7. The van der Waals surface area contributed by atoms with Crippen LogP contribution in [0.4, 0.5) is 0 Å². The molecule has 4 heterocycles. The van der Waals surface area contributed by atoms with Gasteiger partial charge in [-0.15, -0.1) is 0 Å². The fourth-order valence-electron chi connectivity index (χ4n) is 10.0. The molecule has 5 heteroatoms. The molecule has 2 aliphatic rings. The molecule has 1 spiro atoms. The summed E-state index contributed by atoms with van der Waals surface area (Å²) in [4.78, 5) is 5.16. The van der Waals surface area contributed by atoms with Gasteiger partial charge in [0, 0.05) is 27.6 Å². The molecule has 0 radical (unpaired) electrons. The number of hydrogen-bond acceptors (Lipinski definition) is 2. The first-order valence-corrected chi connectivity index (χ1v) is 18.8. The van der Waals surface area contributed by atoms with Gasteiger partial charge in [0.25, 0.3) is 0 Å². The molecule has 13 rings (SSSR count). The number of nitrogens with zero attached hydrogens (tertiary/aromatic N) is 4. The second-order valence-corrected chi connectivity index (χ2v) is 14.7. The van der Waals surface area contributed by atoms with E-state index in [1.807, 2.05) is 0 Å². The second kappa shape index (κ2) is 10.4. The third kappa shape index (κ3) is 3.56. The van der Waals surface area contributed by atoms with Crippen LogP contribution in [-0.2, 0) is 5.41 Å². The predicted octanol–water partition coefficient (Wildman–Crippen LogP) is 12.0. The number of para-hydroxylation sites is 7. The summed E-state index contributed by atoms with van der Waals surface area (Å²) >= 11 is 0. The van der Waals surface area contributed by atoms with Crippen molar-refractivity contribution in [3.63, 3.8) is 0 Å². The smallest absolute Gasteiger partial charge is 0.220 e. The Kier molecular flexibility index (Phi) is 5.51. The van der Waals surface area contributed by atoms with E-state index in [2.05, 4.69) is 196 Å². The van der Waals surface area contributed by atoms with Crippen molar-refractivity contribution in [1.82, 2.24) is 18.5 Å². The van der Waals surface area contributed by atoms with Crippen molar-refractivity contribution in [3.05, 3.63) is 204 Å². The Hall–Kier alpha value is -7.37. The van der Waals surface area contributed by atoms with Gasteiger partial charge in [-0.2, -0.15) is 0 Å². The molecule has 0 saturated carbocycles. The van der Waals surface area contributed by atoms with Crippen LogP contribution in [0.25, 0.3) is 72.2 Å². The summed E-state index contributed by atoms with van der Waals surface area (Å²) in [6.45, 7) is 0. The summed E-state index contributed by atoms with van der Waals surface area (Å²) < 4.78 is 14.1. The number of aromatic nitrogens is 4. The summed E-state index contributed by atoms with van der Waals surface area (Å²) in [7, 11) is 0. The van der Waals surface area contributed by atoms with Crippen molar-refractivity contribution < 1.29 is 4.74 Å². The van der Waals surface area contributed by atoms with Gasteiger partial charge in [0.2, 0.25) is 5.78 Å². The van der Waals surface area contributed by atoms with Gasteiger partial charge in [-0.25, -0.2) is 4.98 Å². The first kappa shape index (κ1) is 29.1. The molecule has 11 aromatic rings. The number of imidazole rings is 2. The predicted molar refractivity (Wildman–Crippen MR) is 221 cm³/mol. The number of ether oxygens (including phenoxy) is 1. The maximum atomic E-state index is 7.12. The minimum Gasteiger partial charge on any atom is -0.454 e. The average Bonchev–Trinajstić information content (AvgIpc) is 3.96. The fraction of sp³-hybridized carbons (Fsp3) is 0.0200. The zero-order valence-electron chi connectivity index (χ0n) is 29.5. The number of benzene rings is 8. The zero-order chi connectivity index (χ0) is 35.8. The highest BCUT2D eigenvalue weighted by Crippen LogP contribution is 2.63. The first-order chi connectivity index (χ1) is 27.3. The highest BCUT2D eigenvalue weighted by atomic mass is 16.5. The van der Waals surface area contributed by atoms with E-state index >= 15 is 0 Å². The van der Waals surface area contributed by atoms with Gasteiger partial charge in [-0.3, -0.25) is 8.97 Å². The Morgan fingerprint density at radius 2 is 1.05 bits per heavy atom. The molecule has 8 aromatic carbocycles. The third-order valence-electron chi connectivity index (χ3n) is 12.1. The third-order valence-corrected chi connectivity index (χ3v) is 12.1. The quantitative estimate of drug-likeness (QED) is 0.180. The molecule has 3 aromatic heterocycles. The molecular weight excluding hydrogens is 673 g/mol. The van der Waals surface area contributed by atoms with E-state index < -0.39 is 5.41 Å². The number of hydrogen-bond donors (Lipinski definition) is 0. The molecule has 5 nitrogen and oxygen atoms in total. The summed E-state index contributed by atoms with van der Waals surface area (Å²) in [6.07, 6.45) is 0. The number of rotatable bonds is 2. The van der Waals surface area contributed by atoms with Crippen molar-refractivity contribution in [2.24, 2.45) is 0 Å². The lowest BCUT2D eigenvalue weighted by molar-refractivity contribution is 0.435. The van der Waals surface area contributed by atoms with Crippen LogP contribution in [0.2, 0.25) is 0 Å². The van der Waals surface area contributed by atoms with Crippen LogP contribution in [0.15, 0.2) is 182 Å². The maximum Gasteiger partial charge on any atom is 0.220 e. The fourth-order valence-corrected chi connectivity index (χ4v) is 10.0. The SMILES string of the molecule is c1ccc2c(c1)Oc1c(-n3c4ccccc4c4cc(-n5c6ccccc6n6c7ccccc7nc56)ccc43)cccc1C21c2ccccc2-c2ccccc21. The van der Waals surface area contributed by atoms with E-state index in [0.717, 1.165) is 67.3 Å². The van der Waals surface area contributed by atoms with Crippen LogP contribution in [0.5, 0.6) is 11.5 Å². The van der Waals surface area contributed by atoms with Crippen molar-refractivity contribution in [2.45, 2.75) is 5.41 Å². The standard InChI is InChI=1S/C50H30N4O/c1-4-17-36-32(14-1)33-15-2-5-18-37(33)50(36)38-19-6-12-27-47(38)55-48-39(50)20-13-26-46(48)53-41-22-8-3-16-34(41)35-30-31(28-29-42(35)53)52-44-24-10-11-25-45(44)54-43-23-9-7-21-40(43)51-49(52)54/h1-30H. The van der Waals surface area contributed by atoms with Crippen molar-refractivity contribution >= 4 is 49.7 Å². The van der Waals surface area contributed by atoms with Gasteiger partial charge in [-0.05, 0) is 82.9 Å². The Labute approximate surface area is 315 Å². The van der Waals surface area contributed by atoms with Gasteiger partial charge in [-0.1, -0.05) is 121 Å². The Morgan fingerprint density at radius 3 is 1.87 bits per heavy atom.